The molecule has 0 fully saturated rings. The number of benzene rings is 1. The van der Waals surface area contributed by atoms with Crippen LogP contribution in [0.1, 0.15) is 20.3 Å². The average Bonchev–Trinajstić information content (AvgIpc) is 2.25. The van der Waals surface area contributed by atoms with Crippen LogP contribution in [0.25, 0.3) is 0 Å². The molecular weight excluding hydrogens is 250 g/mol. The maximum Gasteiger partial charge on any atom is 0.305 e. The van der Waals surface area contributed by atoms with Crippen molar-refractivity contribution in [3.8, 4) is 0 Å². The fraction of sp³-hybridized carbons (Fsp3) is 0.385. The van der Waals surface area contributed by atoms with Crippen LogP contribution in [0.15, 0.2) is 35.2 Å². The quantitative estimate of drug-likeness (QED) is 0.775. The summed E-state index contributed by atoms with van der Waals surface area (Å²) < 4.78 is 0. The lowest BCUT2D eigenvalue weighted by molar-refractivity contribution is -0.138. The Morgan fingerprint density at radius 2 is 1.89 bits per heavy atom. The number of rotatable bonds is 6. The first-order chi connectivity index (χ1) is 8.39. The van der Waals surface area contributed by atoms with E-state index in [9.17, 15) is 9.59 Å². The van der Waals surface area contributed by atoms with E-state index in [-0.39, 0.29) is 18.1 Å². The fourth-order valence-corrected chi connectivity index (χ4v) is 2.22. The minimum absolute atomic E-state index is 0.0885. The van der Waals surface area contributed by atoms with E-state index in [1.54, 1.807) is 13.8 Å². The molecule has 5 heteroatoms. The number of nitrogens with one attached hydrogen (secondary N) is 1. The van der Waals surface area contributed by atoms with Gasteiger partial charge in [-0.15, -0.1) is 11.8 Å². The second-order valence-corrected chi connectivity index (χ2v) is 5.65. The molecule has 1 amide bonds. The van der Waals surface area contributed by atoms with Gasteiger partial charge in [0, 0.05) is 10.4 Å². The first-order valence-electron chi connectivity index (χ1n) is 5.60. The largest absolute Gasteiger partial charge is 0.481 e. The van der Waals surface area contributed by atoms with Crippen molar-refractivity contribution in [2.45, 2.75) is 30.7 Å². The Morgan fingerprint density at radius 1 is 1.28 bits per heavy atom. The zero-order chi connectivity index (χ0) is 13.6. The minimum atomic E-state index is -0.920. The summed E-state index contributed by atoms with van der Waals surface area (Å²) in [7, 11) is 0. The molecule has 0 radical (unpaired) electrons. The summed E-state index contributed by atoms with van der Waals surface area (Å²) in [5, 5.41) is 11.4. The van der Waals surface area contributed by atoms with Crippen LogP contribution in [0.3, 0.4) is 0 Å². The molecule has 0 bridgehead atoms. The summed E-state index contributed by atoms with van der Waals surface area (Å²) >= 11 is 1.43. The van der Waals surface area contributed by atoms with Gasteiger partial charge in [-0.05, 0) is 26.0 Å². The molecule has 1 aromatic carbocycles. The predicted octanol–water partition coefficient (Wildman–Crippen LogP) is 2.15. The lowest BCUT2D eigenvalue weighted by Crippen LogP contribution is -2.45. The molecule has 98 valence electrons. The van der Waals surface area contributed by atoms with Gasteiger partial charge >= 0.3 is 5.97 Å². The maximum absolute atomic E-state index is 11.7. The topological polar surface area (TPSA) is 66.4 Å². The highest BCUT2D eigenvalue weighted by atomic mass is 32.2. The molecule has 0 heterocycles. The van der Waals surface area contributed by atoms with Gasteiger partial charge in [-0.3, -0.25) is 9.59 Å². The number of carboxylic acid groups (broad SMARTS) is 1. The number of aliphatic carboxylic acids is 1. The number of hydrogen-bond acceptors (Lipinski definition) is 3. The van der Waals surface area contributed by atoms with Crippen molar-refractivity contribution in [1.29, 1.82) is 0 Å². The van der Waals surface area contributed by atoms with Crippen LogP contribution in [0, 0.1) is 0 Å². The van der Waals surface area contributed by atoms with Crippen molar-refractivity contribution in [3.63, 3.8) is 0 Å². The number of carbonyl (C=O) groups is 2. The molecule has 2 N–H and O–H groups in total. The lowest BCUT2D eigenvalue weighted by Gasteiger charge is -2.24. The third-order valence-electron chi connectivity index (χ3n) is 2.18. The van der Waals surface area contributed by atoms with Crippen molar-refractivity contribution < 1.29 is 14.7 Å². The van der Waals surface area contributed by atoms with Crippen molar-refractivity contribution in [3.05, 3.63) is 30.3 Å². The van der Waals surface area contributed by atoms with Gasteiger partial charge in [0.05, 0.1) is 12.2 Å². The van der Waals surface area contributed by atoms with E-state index < -0.39 is 11.5 Å². The van der Waals surface area contributed by atoms with E-state index in [4.69, 9.17) is 5.11 Å². The Labute approximate surface area is 111 Å². The molecule has 4 nitrogen and oxygen atoms in total. The molecule has 0 unspecified atom stereocenters. The van der Waals surface area contributed by atoms with Crippen LogP contribution >= 0.6 is 11.8 Å². The van der Waals surface area contributed by atoms with Gasteiger partial charge in [0.1, 0.15) is 0 Å². The molecule has 0 saturated heterocycles. The molecule has 0 aliphatic carbocycles. The van der Waals surface area contributed by atoms with Gasteiger partial charge in [0.2, 0.25) is 5.91 Å². The van der Waals surface area contributed by atoms with Crippen molar-refractivity contribution >= 4 is 23.6 Å². The van der Waals surface area contributed by atoms with Crippen LogP contribution in [0.2, 0.25) is 0 Å². The molecule has 0 spiro atoms. The molecule has 18 heavy (non-hydrogen) atoms. The average molecular weight is 267 g/mol. The Balaban J connectivity index is 2.40. The van der Waals surface area contributed by atoms with Crippen LogP contribution in [0.5, 0.6) is 0 Å². The number of thioether (sulfide) groups is 1. The fourth-order valence-electron chi connectivity index (χ4n) is 1.50. The molecule has 1 rings (SSSR count). The first kappa shape index (κ1) is 14.6. The van der Waals surface area contributed by atoms with E-state index in [2.05, 4.69) is 5.32 Å². The standard InChI is InChI=1S/C13H17NO3S/c1-13(2,8-12(16)17)14-11(15)9-18-10-6-4-3-5-7-10/h3-7H,8-9H2,1-2H3,(H,14,15)(H,16,17). The number of carbonyl (C=O) groups excluding carboxylic acids is 1. The molecule has 0 aromatic heterocycles. The lowest BCUT2D eigenvalue weighted by atomic mass is 10.0. The zero-order valence-electron chi connectivity index (χ0n) is 10.5. The predicted molar refractivity (Wildman–Crippen MR) is 71.6 cm³/mol. The van der Waals surface area contributed by atoms with Crippen LogP contribution in [0.4, 0.5) is 0 Å². The van der Waals surface area contributed by atoms with Crippen LogP contribution < -0.4 is 5.32 Å². The van der Waals surface area contributed by atoms with Crippen LogP contribution in [-0.4, -0.2) is 28.3 Å². The van der Waals surface area contributed by atoms with E-state index in [0.29, 0.717) is 0 Å². The number of carboxylic acids is 1. The Hall–Kier alpha value is -1.49. The third-order valence-corrected chi connectivity index (χ3v) is 3.20. The normalized spacial score (nSPS) is 11.0. The molecule has 1 aromatic rings. The number of amides is 1. The summed E-state index contributed by atoms with van der Waals surface area (Å²) in [4.78, 5) is 23.3. The van der Waals surface area contributed by atoms with E-state index in [1.165, 1.54) is 11.8 Å². The van der Waals surface area contributed by atoms with Gasteiger partial charge in [0.15, 0.2) is 0 Å². The van der Waals surface area contributed by atoms with Gasteiger partial charge in [-0.25, -0.2) is 0 Å². The van der Waals surface area contributed by atoms with Crippen molar-refractivity contribution in [2.24, 2.45) is 0 Å². The molecule has 0 atom stereocenters. The summed E-state index contributed by atoms with van der Waals surface area (Å²) in [6, 6.07) is 9.60. The van der Waals surface area contributed by atoms with E-state index >= 15 is 0 Å². The minimum Gasteiger partial charge on any atom is -0.481 e. The van der Waals surface area contributed by atoms with Crippen molar-refractivity contribution in [1.82, 2.24) is 5.32 Å². The molecular formula is C13H17NO3S. The van der Waals surface area contributed by atoms with Crippen molar-refractivity contribution in [2.75, 3.05) is 5.75 Å². The van der Waals surface area contributed by atoms with E-state index in [0.717, 1.165) is 4.90 Å². The maximum atomic E-state index is 11.7. The van der Waals surface area contributed by atoms with Gasteiger partial charge in [-0.1, -0.05) is 18.2 Å². The smallest absolute Gasteiger partial charge is 0.305 e. The zero-order valence-corrected chi connectivity index (χ0v) is 11.3. The Morgan fingerprint density at radius 3 is 2.44 bits per heavy atom. The van der Waals surface area contributed by atoms with Gasteiger partial charge in [-0.2, -0.15) is 0 Å². The monoisotopic (exact) mass is 267 g/mol. The summed E-state index contributed by atoms with van der Waals surface area (Å²) in [5.74, 6) is -0.793. The highest BCUT2D eigenvalue weighted by Gasteiger charge is 2.23. The molecule has 0 saturated carbocycles. The first-order valence-corrected chi connectivity index (χ1v) is 6.58. The molecule has 0 aliphatic rings. The summed E-state index contributed by atoms with van der Waals surface area (Å²) in [6.07, 6.45) is -0.0885. The second-order valence-electron chi connectivity index (χ2n) is 4.60. The summed E-state index contributed by atoms with van der Waals surface area (Å²) in [6.45, 7) is 3.40. The van der Waals surface area contributed by atoms with Gasteiger partial charge in [0.25, 0.3) is 0 Å². The molecule has 0 aliphatic heterocycles. The second kappa shape index (κ2) is 6.44. The third kappa shape index (κ3) is 5.72. The van der Waals surface area contributed by atoms with Gasteiger partial charge < -0.3 is 10.4 Å². The Kier molecular flexibility index (Phi) is 5.22. The summed E-state index contributed by atoms with van der Waals surface area (Å²) in [5.41, 5.74) is -0.722. The van der Waals surface area contributed by atoms with E-state index in [1.807, 2.05) is 30.3 Å². The highest BCUT2D eigenvalue weighted by Crippen LogP contribution is 2.17. The highest BCUT2D eigenvalue weighted by molar-refractivity contribution is 8.00. The Bertz CT molecular complexity index is 418. The number of hydrogen-bond donors (Lipinski definition) is 2. The SMILES string of the molecule is CC(C)(CC(=O)O)NC(=O)CSc1ccccc1. The van der Waals surface area contributed by atoms with Crippen LogP contribution in [-0.2, 0) is 9.59 Å².